The van der Waals surface area contributed by atoms with Crippen molar-refractivity contribution in [3.63, 3.8) is 0 Å². The molecule has 0 heterocycles. The van der Waals surface area contributed by atoms with Gasteiger partial charge in [-0.3, -0.25) is 4.79 Å². The van der Waals surface area contributed by atoms with Crippen LogP contribution in [0.2, 0.25) is 0 Å². The van der Waals surface area contributed by atoms with Gasteiger partial charge in [-0.1, -0.05) is 139 Å². The normalized spacial score (nSPS) is 12.9. The summed E-state index contributed by atoms with van der Waals surface area (Å²) in [7, 11) is 3.48. The molecule has 2 aromatic carbocycles. The van der Waals surface area contributed by atoms with E-state index in [9.17, 15) is 4.79 Å². The van der Waals surface area contributed by atoms with Gasteiger partial charge in [-0.2, -0.15) is 0 Å². The highest BCUT2D eigenvalue weighted by Gasteiger charge is 2.31. The third kappa shape index (κ3) is 11.0. The van der Waals surface area contributed by atoms with Gasteiger partial charge in [0.1, 0.15) is 5.78 Å². The Bertz CT molecular complexity index is 819. The van der Waals surface area contributed by atoms with E-state index < -0.39 is 0 Å². The van der Waals surface area contributed by atoms with E-state index in [2.05, 4.69) is 62.4 Å². The smallest absolute Gasteiger partial charge is 0.147 e. The van der Waals surface area contributed by atoms with E-state index in [1.165, 1.54) is 64.2 Å². The molecule has 2 atom stereocenters. The monoisotopic (exact) mass is 522 g/mol. The van der Waals surface area contributed by atoms with Crippen molar-refractivity contribution in [2.75, 3.05) is 14.2 Å². The van der Waals surface area contributed by atoms with Crippen molar-refractivity contribution in [3.8, 4) is 0 Å². The molecule has 0 amide bonds. The molecule has 0 radical (unpaired) electrons. The van der Waals surface area contributed by atoms with Crippen LogP contribution in [0.1, 0.15) is 138 Å². The van der Waals surface area contributed by atoms with Crippen LogP contribution in [0.4, 0.5) is 0 Å². The van der Waals surface area contributed by atoms with Crippen LogP contribution >= 0.6 is 0 Å². The number of Topliss-reactive ketones (excluding diaryl/α,β-unsaturated/α-hetero) is 1. The van der Waals surface area contributed by atoms with E-state index in [1.54, 1.807) is 14.2 Å². The summed E-state index contributed by atoms with van der Waals surface area (Å²) in [5.41, 5.74) is 4.60. The Kier molecular flexibility index (Phi) is 17.0. The van der Waals surface area contributed by atoms with E-state index in [-0.39, 0.29) is 11.8 Å². The molecule has 0 N–H and O–H groups in total. The molecule has 0 spiro atoms. The topological polar surface area (TPSA) is 35.5 Å². The number of benzene rings is 2. The highest BCUT2D eigenvalue weighted by Crippen LogP contribution is 2.37. The third-order valence-electron chi connectivity index (χ3n) is 7.84. The van der Waals surface area contributed by atoms with Gasteiger partial charge in [0, 0.05) is 26.1 Å². The summed E-state index contributed by atoms with van der Waals surface area (Å²) in [5, 5.41) is 0. The van der Waals surface area contributed by atoms with E-state index >= 15 is 0 Å². The van der Waals surface area contributed by atoms with Gasteiger partial charge >= 0.3 is 0 Å². The van der Waals surface area contributed by atoms with Crippen molar-refractivity contribution in [1.82, 2.24) is 0 Å². The number of ketones is 1. The number of carbonyl (C=O) groups excluding carboxylic acids is 1. The molecule has 0 saturated carbocycles. The molecule has 0 fully saturated rings. The van der Waals surface area contributed by atoms with Crippen LogP contribution in [0.15, 0.2) is 48.5 Å². The van der Waals surface area contributed by atoms with Crippen LogP contribution in [0, 0.1) is 0 Å². The van der Waals surface area contributed by atoms with Crippen molar-refractivity contribution in [2.24, 2.45) is 0 Å². The van der Waals surface area contributed by atoms with Crippen LogP contribution in [-0.2, 0) is 27.5 Å². The van der Waals surface area contributed by atoms with E-state index in [1.807, 2.05) is 0 Å². The second kappa shape index (κ2) is 20.0. The lowest BCUT2D eigenvalue weighted by Crippen LogP contribution is -2.23. The average molecular weight is 523 g/mol. The van der Waals surface area contributed by atoms with Gasteiger partial charge in [-0.15, -0.1) is 0 Å². The van der Waals surface area contributed by atoms with Crippen LogP contribution < -0.4 is 0 Å². The Labute approximate surface area is 233 Å². The average Bonchev–Trinajstić information content (AvgIpc) is 2.93. The maximum atomic E-state index is 14.6. The largest absolute Gasteiger partial charge is 0.380 e. The van der Waals surface area contributed by atoms with Crippen molar-refractivity contribution in [3.05, 3.63) is 70.8 Å². The molecule has 0 saturated heterocycles. The Balaban J connectivity index is 2.34. The molecule has 0 aliphatic rings. The third-order valence-corrected chi connectivity index (χ3v) is 7.84. The Morgan fingerprint density at radius 2 is 0.947 bits per heavy atom. The molecular weight excluding hydrogens is 468 g/mol. The van der Waals surface area contributed by atoms with Gasteiger partial charge in [-0.25, -0.2) is 0 Å². The van der Waals surface area contributed by atoms with E-state index in [0.29, 0.717) is 19.0 Å². The summed E-state index contributed by atoms with van der Waals surface area (Å²) in [5.74, 6) is 0.167. The fourth-order valence-corrected chi connectivity index (χ4v) is 5.72. The van der Waals surface area contributed by atoms with Crippen LogP contribution in [0.25, 0.3) is 0 Å². The molecule has 2 rings (SSSR count). The Morgan fingerprint density at radius 1 is 0.579 bits per heavy atom. The minimum atomic E-state index is -0.104. The summed E-state index contributed by atoms with van der Waals surface area (Å²) in [6.45, 7) is 5.59. The first-order chi connectivity index (χ1) is 18.7. The van der Waals surface area contributed by atoms with Gasteiger partial charge in [-0.05, 0) is 35.1 Å². The lowest BCUT2D eigenvalue weighted by molar-refractivity contribution is -0.122. The molecule has 3 heteroatoms. The second-order valence-corrected chi connectivity index (χ2v) is 10.9. The van der Waals surface area contributed by atoms with Crippen molar-refractivity contribution in [2.45, 2.75) is 129 Å². The fraction of sp³-hybridized carbons (Fsp3) is 0.629. The summed E-state index contributed by atoms with van der Waals surface area (Å²) in [6, 6.07) is 16.9. The molecular formula is C35H54O3. The molecule has 0 aliphatic heterocycles. The lowest BCUT2D eigenvalue weighted by atomic mass is 9.76. The number of hydrogen-bond donors (Lipinski definition) is 0. The summed E-state index contributed by atoms with van der Waals surface area (Å²) >= 11 is 0. The zero-order chi connectivity index (χ0) is 27.4. The maximum Gasteiger partial charge on any atom is 0.147 e. The molecule has 212 valence electrons. The van der Waals surface area contributed by atoms with Crippen LogP contribution in [0.5, 0.6) is 0 Å². The zero-order valence-corrected chi connectivity index (χ0v) is 24.8. The predicted molar refractivity (Wildman–Crippen MR) is 161 cm³/mol. The number of ether oxygens (including phenoxy) is 2. The lowest BCUT2D eigenvalue weighted by Gasteiger charge is -2.26. The highest BCUT2D eigenvalue weighted by molar-refractivity contribution is 5.92. The number of methoxy groups -OCH3 is 2. The minimum absolute atomic E-state index is 0.104. The number of hydrogen-bond acceptors (Lipinski definition) is 3. The second-order valence-electron chi connectivity index (χ2n) is 10.9. The van der Waals surface area contributed by atoms with Gasteiger partial charge in [0.25, 0.3) is 0 Å². The van der Waals surface area contributed by atoms with Gasteiger partial charge in [0.2, 0.25) is 0 Å². The molecule has 38 heavy (non-hydrogen) atoms. The molecule has 2 aromatic rings. The SMILES string of the molecule is CCCCCCCCC(C(=O)C(CCCCCCCC)c1ccccc1COC)c1ccccc1COC. The first kappa shape index (κ1) is 32.2. The Morgan fingerprint density at radius 3 is 1.34 bits per heavy atom. The maximum absolute atomic E-state index is 14.6. The van der Waals surface area contributed by atoms with Crippen LogP contribution in [0.3, 0.4) is 0 Å². The van der Waals surface area contributed by atoms with Gasteiger partial charge in [0.05, 0.1) is 13.2 Å². The fourth-order valence-electron chi connectivity index (χ4n) is 5.72. The molecule has 3 nitrogen and oxygen atoms in total. The first-order valence-electron chi connectivity index (χ1n) is 15.3. The number of rotatable bonds is 22. The van der Waals surface area contributed by atoms with E-state index in [0.717, 1.165) is 47.9 Å². The summed E-state index contributed by atoms with van der Waals surface area (Å²) in [4.78, 5) is 14.6. The first-order valence-corrected chi connectivity index (χ1v) is 15.3. The standard InChI is InChI=1S/C35H54O3/c1-5-7-9-11-13-15-25-33(31-23-19-17-21-29(31)27-37-3)35(36)34(26-16-14-12-10-8-6-2)32-24-20-18-22-30(32)28-38-4/h17-24,33-34H,5-16,25-28H2,1-4H3. The highest BCUT2D eigenvalue weighted by atomic mass is 16.5. The molecule has 2 unspecified atom stereocenters. The minimum Gasteiger partial charge on any atom is -0.380 e. The predicted octanol–water partition coefficient (Wildman–Crippen LogP) is 9.92. The van der Waals surface area contributed by atoms with Crippen molar-refractivity contribution in [1.29, 1.82) is 0 Å². The van der Waals surface area contributed by atoms with E-state index in [4.69, 9.17) is 9.47 Å². The number of carbonyl (C=O) groups is 1. The van der Waals surface area contributed by atoms with Crippen LogP contribution in [-0.4, -0.2) is 20.0 Å². The molecule has 0 bridgehead atoms. The van der Waals surface area contributed by atoms with Crippen molar-refractivity contribution < 1.29 is 14.3 Å². The zero-order valence-electron chi connectivity index (χ0n) is 24.8. The van der Waals surface area contributed by atoms with Gasteiger partial charge < -0.3 is 9.47 Å². The Hall–Kier alpha value is -1.97. The summed E-state index contributed by atoms with van der Waals surface area (Å²) < 4.78 is 11.1. The molecule has 0 aromatic heterocycles. The quantitative estimate of drug-likeness (QED) is 0.144. The van der Waals surface area contributed by atoms with Crippen molar-refractivity contribution >= 4 is 5.78 Å². The molecule has 0 aliphatic carbocycles. The number of unbranched alkanes of at least 4 members (excludes halogenated alkanes) is 10. The van der Waals surface area contributed by atoms with Gasteiger partial charge in [0.15, 0.2) is 0 Å². The summed E-state index contributed by atoms with van der Waals surface area (Å²) in [6.07, 6.45) is 16.6.